The number of ether oxygens (including phenoxy) is 1. The summed E-state index contributed by atoms with van der Waals surface area (Å²) in [7, 11) is 1.51. The van der Waals surface area contributed by atoms with E-state index in [2.05, 4.69) is 10.3 Å². The first-order valence-corrected chi connectivity index (χ1v) is 8.79. The van der Waals surface area contributed by atoms with Crippen molar-refractivity contribution in [2.75, 3.05) is 12.4 Å². The van der Waals surface area contributed by atoms with Crippen LogP contribution in [0.4, 0.5) is 5.69 Å². The van der Waals surface area contributed by atoms with Crippen LogP contribution in [0.25, 0.3) is 10.2 Å². The summed E-state index contributed by atoms with van der Waals surface area (Å²) in [5, 5.41) is 3.76. The van der Waals surface area contributed by atoms with E-state index in [1.165, 1.54) is 29.3 Å². The second-order valence-corrected chi connectivity index (χ2v) is 6.81. The third-order valence-corrected chi connectivity index (χ3v) is 5.31. The molecule has 8 heteroatoms. The number of aromatic nitrogens is 2. The molecular formula is C17H16ClN3O3S. The van der Waals surface area contributed by atoms with Crippen molar-refractivity contribution in [3.8, 4) is 5.75 Å². The summed E-state index contributed by atoms with van der Waals surface area (Å²) >= 11 is 7.19. The van der Waals surface area contributed by atoms with Gasteiger partial charge in [-0.2, -0.15) is 0 Å². The van der Waals surface area contributed by atoms with Crippen LogP contribution in [-0.2, 0) is 6.54 Å². The maximum absolute atomic E-state index is 12.7. The minimum Gasteiger partial charge on any atom is -0.495 e. The zero-order chi connectivity index (χ0) is 18.1. The number of nitrogens with one attached hydrogen (secondary N) is 1. The first kappa shape index (κ1) is 17.4. The summed E-state index contributed by atoms with van der Waals surface area (Å²) in [6.07, 6.45) is 1.50. The average Bonchev–Trinajstić information content (AvgIpc) is 2.93. The van der Waals surface area contributed by atoms with E-state index in [1.807, 2.05) is 6.92 Å². The van der Waals surface area contributed by atoms with E-state index in [1.54, 1.807) is 25.1 Å². The van der Waals surface area contributed by atoms with Crippen molar-refractivity contribution in [1.82, 2.24) is 9.55 Å². The fourth-order valence-corrected chi connectivity index (χ4v) is 3.76. The molecule has 25 heavy (non-hydrogen) atoms. The number of fused-ring (bicyclic) bond motifs is 1. The molecule has 0 radical (unpaired) electrons. The number of carbonyl (C=O) groups excluding carboxylic acids is 1. The Morgan fingerprint density at radius 1 is 1.44 bits per heavy atom. The summed E-state index contributed by atoms with van der Waals surface area (Å²) in [4.78, 5) is 30.5. The van der Waals surface area contributed by atoms with Gasteiger partial charge in [-0.15, -0.1) is 11.3 Å². The SMILES string of the molecule is CCn1cnc2sc(C(=O)Nc3cc(Cl)ccc3OC)c(C)c2c1=O. The number of amides is 1. The summed E-state index contributed by atoms with van der Waals surface area (Å²) in [6.45, 7) is 4.15. The highest BCUT2D eigenvalue weighted by molar-refractivity contribution is 7.20. The van der Waals surface area contributed by atoms with Crippen LogP contribution < -0.4 is 15.6 Å². The quantitative estimate of drug-likeness (QED) is 0.752. The lowest BCUT2D eigenvalue weighted by Crippen LogP contribution is -2.19. The van der Waals surface area contributed by atoms with Crippen LogP contribution in [-0.4, -0.2) is 22.6 Å². The van der Waals surface area contributed by atoms with Crippen molar-refractivity contribution < 1.29 is 9.53 Å². The fourth-order valence-electron chi connectivity index (χ4n) is 2.56. The van der Waals surface area contributed by atoms with Crippen LogP contribution in [0.2, 0.25) is 5.02 Å². The lowest BCUT2D eigenvalue weighted by Gasteiger charge is -2.10. The number of anilines is 1. The number of halogens is 1. The van der Waals surface area contributed by atoms with Gasteiger partial charge in [-0.05, 0) is 37.6 Å². The van der Waals surface area contributed by atoms with Gasteiger partial charge in [0, 0.05) is 11.6 Å². The molecule has 3 rings (SSSR count). The zero-order valence-electron chi connectivity index (χ0n) is 13.9. The second-order valence-electron chi connectivity index (χ2n) is 5.37. The normalized spacial score (nSPS) is 10.9. The third kappa shape index (κ3) is 3.12. The zero-order valence-corrected chi connectivity index (χ0v) is 15.5. The topological polar surface area (TPSA) is 73.2 Å². The standard InChI is InChI=1S/C17H16ClN3O3S/c1-4-21-8-19-16-13(17(21)23)9(2)14(25-16)15(22)20-11-7-10(18)5-6-12(11)24-3/h5-8H,4H2,1-3H3,(H,20,22). The fraction of sp³-hybridized carbons (Fsp3) is 0.235. The smallest absolute Gasteiger partial charge is 0.266 e. The molecule has 0 saturated heterocycles. The summed E-state index contributed by atoms with van der Waals surface area (Å²) in [5.41, 5.74) is 0.954. The van der Waals surface area contributed by atoms with Crippen LogP contribution >= 0.6 is 22.9 Å². The van der Waals surface area contributed by atoms with Crippen LogP contribution in [0.1, 0.15) is 22.2 Å². The Morgan fingerprint density at radius 2 is 2.20 bits per heavy atom. The van der Waals surface area contributed by atoms with E-state index in [0.29, 0.717) is 43.7 Å². The molecule has 0 aliphatic heterocycles. The Labute approximate surface area is 153 Å². The Bertz CT molecular complexity index is 1030. The average molecular weight is 378 g/mol. The number of methoxy groups -OCH3 is 1. The molecule has 0 atom stereocenters. The van der Waals surface area contributed by atoms with Gasteiger partial charge in [0.1, 0.15) is 10.6 Å². The molecule has 3 aromatic rings. The van der Waals surface area contributed by atoms with Gasteiger partial charge < -0.3 is 10.1 Å². The molecule has 6 nitrogen and oxygen atoms in total. The number of hydrogen-bond donors (Lipinski definition) is 1. The van der Waals surface area contributed by atoms with Crippen molar-refractivity contribution in [2.24, 2.45) is 0 Å². The van der Waals surface area contributed by atoms with Gasteiger partial charge in [0.15, 0.2) is 0 Å². The van der Waals surface area contributed by atoms with E-state index >= 15 is 0 Å². The molecular weight excluding hydrogens is 362 g/mol. The van der Waals surface area contributed by atoms with E-state index in [-0.39, 0.29) is 11.5 Å². The van der Waals surface area contributed by atoms with Gasteiger partial charge in [0.25, 0.3) is 11.5 Å². The first-order valence-electron chi connectivity index (χ1n) is 7.59. The van der Waals surface area contributed by atoms with Crippen molar-refractivity contribution >= 4 is 44.7 Å². The van der Waals surface area contributed by atoms with Crippen LogP contribution in [0, 0.1) is 6.92 Å². The maximum Gasteiger partial charge on any atom is 0.266 e. The highest BCUT2D eigenvalue weighted by atomic mass is 35.5. The number of thiophene rings is 1. The first-order chi connectivity index (χ1) is 12.0. The Kier molecular flexibility index (Phi) is 4.78. The largest absolute Gasteiger partial charge is 0.495 e. The van der Waals surface area contributed by atoms with Gasteiger partial charge in [0.2, 0.25) is 0 Å². The molecule has 1 amide bonds. The van der Waals surface area contributed by atoms with E-state index < -0.39 is 0 Å². The van der Waals surface area contributed by atoms with Crippen LogP contribution in [0.15, 0.2) is 29.3 Å². The number of carbonyl (C=O) groups is 1. The highest BCUT2D eigenvalue weighted by Crippen LogP contribution is 2.31. The molecule has 0 aliphatic rings. The molecule has 1 N–H and O–H groups in total. The van der Waals surface area contributed by atoms with Crippen molar-refractivity contribution in [2.45, 2.75) is 20.4 Å². The van der Waals surface area contributed by atoms with Crippen LogP contribution in [0.5, 0.6) is 5.75 Å². The number of rotatable bonds is 4. The molecule has 2 aromatic heterocycles. The van der Waals surface area contributed by atoms with E-state index in [9.17, 15) is 9.59 Å². The van der Waals surface area contributed by atoms with E-state index in [4.69, 9.17) is 16.3 Å². The molecule has 0 aliphatic carbocycles. The number of aryl methyl sites for hydroxylation is 2. The molecule has 0 unspecified atom stereocenters. The minimum atomic E-state index is -0.330. The third-order valence-electron chi connectivity index (χ3n) is 3.87. The number of nitrogens with zero attached hydrogens (tertiary/aromatic N) is 2. The monoisotopic (exact) mass is 377 g/mol. The molecule has 130 valence electrons. The predicted molar refractivity (Wildman–Crippen MR) is 100 cm³/mol. The molecule has 0 fully saturated rings. The second kappa shape index (κ2) is 6.85. The van der Waals surface area contributed by atoms with Gasteiger partial charge in [-0.3, -0.25) is 14.2 Å². The minimum absolute atomic E-state index is 0.138. The Morgan fingerprint density at radius 3 is 2.88 bits per heavy atom. The van der Waals surface area contributed by atoms with Gasteiger partial charge in [0.05, 0.1) is 29.4 Å². The highest BCUT2D eigenvalue weighted by Gasteiger charge is 2.20. The van der Waals surface area contributed by atoms with Crippen molar-refractivity contribution in [3.63, 3.8) is 0 Å². The van der Waals surface area contributed by atoms with Crippen molar-refractivity contribution in [3.05, 3.63) is 50.3 Å². The molecule has 0 spiro atoms. The molecule has 1 aromatic carbocycles. The van der Waals surface area contributed by atoms with E-state index in [0.717, 1.165) is 0 Å². The Hall–Kier alpha value is -2.38. The molecule has 0 bridgehead atoms. The van der Waals surface area contributed by atoms with Crippen molar-refractivity contribution in [1.29, 1.82) is 0 Å². The maximum atomic E-state index is 12.7. The van der Waals surface area contributed by atoms with Crippen LogP contribution in [0.3, 0.4) is 0 Å². The summed E-state index contributed by atoms with van der Waals surface area (Å²) in [6, 6.07) is 4.97. The summed E-state index contributed by atoms with van der Waals surface area (Å²) in [5.74, 6) is 0.173. The van der Waals surface area contributed by atoms with Gasteiger partial charge >= 0.3 is 0 Å². The number of benzene rings is 1. The number of hydrogen-bond acceptors (Lipinski definition) is 5. The summed E-state index contributed by atoms with van der Waals surface area (Å²) < 4.78 is 6.76. The molecule has 2 heterocycles. The predicted octanol–water partition coefficient (Wildman–Crippen LogP) is 3.70. The van der Waals surface area contributed by atoms with Gasteiger partial charge in [-0.25, -0.2) is 4.98 Å². The molecule has 0 saturated carbocycles. The Balaban J connectivity index is 2.04. The lowest BCUT2D eigenvalue weighted by atomic mass is 10.2. The lowest BCUT2D eigenvalue weighted by molar-refractivity contribution is 0.102. The van der Waals surface area contributed by atoms with Gasteiger partial charge in [-0.1, -0.05) is 11.6 Å².